The van der Waals surface area contributed by atoms with E-state index < -0.39 is 11.8 Å². The summed E-state index contributed by atoms with van der Waals surface area (Å²) < 4.78 is 5.10. The number of hydrogen-bond donors (Lipinski definition) is 2. The summed E-state index contributed by atoms with van der Waals surface area (Å²) in [5.41, 5.74) is 0.901. The fourth-order valence-electron chi connectivity index (χ4n) is 3.48. The summed E-state index contributed by atoms with van der Waals surface area (Å²) in [5.74, 6) is -0.408. The average molecular weight is 372 g/mol. The van der Waals surface area contributed by atoms with E-state index in [1.54, 1.807) is 18.4 Å². The zero-order valence-corrected chi connectivity index (χ0v) is 15.7. The molecule has 6 heteroatoms. The summed E-state index contributed by atoms with van der Waals surface area (Å²) in [5, 5.41) is 7.58. The Balaban J connectivity index is 1.51. The van der Waals surface area contributed by atoms with E-state index in [9.17, 15) is 9.59 Å². The smallest absolute Gasteiger partial charge is 0.309 e. The van der Waals surface area contributed by atoms with E-state index in [0.29, 0.717) is 13.1 Å². The van der Waals surface area contributed by atoms with E-state index in [0.717, 1.165) is 37.0 Å². The molecule has 0 aliphatic heterocycles. The highest BCUT2D eigenvalue weighted by molar-refractivity contribution is 7.10. The Morgan fingerprint density at radius 3 is 2.38 bits per heavy atom. The van der Waals surface area contributed by atoms with E-state index in [1.807, 2.05) is 30.3 Å². The zero-order valence-electron chi connectivity index (χ0n) is 14.9. The Morgan fingerprint density at radius 2 is 1.77 bits per heavy atom. The Labute approximate surface area is 157 Å². The number of benzene rings is 1. The molecule has 0 unspecified atom stereocenters. The standard InChI is InChI=1S/C20H24N2O3S/c1-25-16-8-6-15(7-9-16)13-21-18(23)19(24)22-14-20(10-2-3-11-20)17-5-4-12-26-17/h4-9,12H,2-3,10-11,13-14H2,1H3,(H,21,23)(H,22,24). The molecule has 0 saturated heterocycles. The molecule has 2 aromatic rings. The van der Waals surface area contributed by atoms with Crippen LogP contribution in [0.1, 0.15) is 36.1 Å². The van der Waals surface area contributed by atoms with Crippen molar-refractivity contribution in [2.45, 2.75) is 37.6 Å². The minimum Gasteiger partial charge on any atom is -0.497 e. The van der Waals surface area contributed by atoms with E-state index >= 15 is 0 Å². The summed E-state index contributed by atoms with van der Waals surface area (Å²) >= 11 is 1.73. The summed E-state index contributed by atoms with van der Waals surface area (Å²) in [6, 6.07) is 11.6. The van der Waals surface area contributed by atoms with Crippen LogP contribution in [-0.2, 0) is 21.5 Å². The van der Waals surface area contributed by atoms with Gasteiger partial charge >= 0.3 is 11.8 Å². The number of hydrogen-bond acceptors (Lipinski definition) is 4. The molecule has 0 spiro atoms. The number of carbonyl (C=O) groups excluding carboxylic acids is 2. The van der Waals surface area contributed by atoms with Crippen molar-refractivity contribution in [1.29, 1.82) is 0 Å². The highest BCUT2D eigenvalue weighted by Crippen LogP contribution is 2.42. The molecule has 1 aromatic carbocycles. The topological polar surface area (TPSA) is 67.4 Å². The molecule has 2 N–H and O–H groups in total. The van der Waals surface area contributed by atoms with Crippen molar-refractivity contribution in [2.24, 2.45) is 0 Å². The molecular formula is C20H24N2O3S. The van der Waals surface area contributed by atoms with Crippen LogP contribution in [0.5, 0.6) is 5.75 Å². The Morgan fingerprint density at radius 1 is 1.08 bits per heavy atom. The number of thiophene rings is 1. The maximum absolute atomic E-state index is 12.2. The molecule has 0 atom stereocenters. The van der Waals surface area contributed by atoms with Crippen LogP contribution in [0.2, 0.25) is 0 Å². The highest BCUT2D eigenvalue weighted by Gasteiger charge is 2.37. The average Bonchev–Trinajstić information content (AvgIpc) is 3.37. The van der Waals surface area contributed by atoms with Gasteiger partial charge in [-0.15, -0.1) is 11.3 Å². The molecule has 2 amide bonds. The molecule has 26 heavy (non-hydrogen) atoms. The van der Waals surface area contributed by atoms with Crippen molar-refractivity contribution in [2.75, 3.05) is 13.7 Å². The SMILES string of the molecule is COc1ccc(CNC(=O)C(=O)NCC2(c3cccs3)CCCC2)cc1. The lowest BCUT2D eigenvalue weighted by atomic mass is 9.84. The third-order valence-electron chi connectivity index (χ3n) is 5.01. The van der Waals surface area contributed by atoms with Gasteiger partial charge in [-0.05, 0) is 42.0 Å². The molecule has 1 aromatic heterocycles. The van der Waals surface area contributed by atoms with Crippen molar-refractivity contribution in [1.82, 2.24) is 10.6 Å². The second-order valence-corrected chi connectivity index (χ2v) is 7.63. The van der Waals surface area contributed by atoms with Gasteiger partial charge < -0.3 is 15.4 Å². The maximum Gasteiger partial charge on any atom is 0.309 e. The van der Waals surface area contributed by atoms with E-state index in [2.05, 4.69) is 22.1 Å². The lowest BCUT2D eigenvalue weighted by molar-refractivity contribution is -0.139. The van der Waals surface area contributed by atoms with Crippen molar-refractivity contribution in [3.05, 3.63) is 52.2 Å². The first kappa shape index (κ1) is 18.5. The molecule has 0 bridgehead atoms. The van der Waals surface area contributed by atoms with Crippen LogP contribution in [0.25, 0.3) is 0 Å². The van der Waals surface area contributed by atoms with Crippen molar-refractivity contribution in [3.8, 4) is 5.75 Å². The summed E-state index contributed by atoms with van der Waals surface area (Å²) in [4.78, 5) is 25.6. The van der Waals surface area contributed by atoms with Crippen LogP contribution in [0.15, 0.2) is 41.8 Å². The van der Waals surface area contributed by atoms with Gasteiger partial charge in [0.25, 0.3) is 0 Å². The van der Waals surface area contributed by atoms with E-state index in [4.69, 9.17) is 4.74 Å². The number of methoxy groups -OCH3 is 1. The fraction of sp³-hybridized carbons (Fsp3) is 0.400. The van der Waals surface area contributed by atoms with E-state index in [1.165, 1.54) is 4.88 Å². The number of nitrogens with one attached hydrogen (secondary N) is 2. The molecule has 1 saturated carbocycles. The maximum atomic E-state index is 12.2. The first-order valence-corrected chi connectivity index (χ1v) is 9.74. The molecule has 1 heterocycles. The third kappa shape index (κ3) is 4.25. The predicted molar refractivity (Wildman–Crippen MR) is 102 cm³/mol. The van der Waals surface area contributed by atoms with Crippen molar-refractivity contribution in [3.63, 3.8) is 0 Å². The Bertz CT molecular complexity index is 735. The van der Waals surface area contributed by atoms with Gasteiger partial charge in [0.2, 0.25) is 0 Å². The molecule has 1 fully saturated rings. The molecule has 1 aliphatic carbocycles. The normalized spacial score (nSPS) is 15.4. The largest absolute Gasteiger partial charge is 0.497 e. The minimum absolute atomic E-state index is 0.0138. The van der Waals surface area contributed by atoms with Gasteiger partial charge in [-0.2, -0.15) is 0 Å². The van der Waals surface area contributed by atoms with Crippen molar-refractivity contribution >= 4 is 23.2 Å². The molecule has 5 nitrogen and oxygen atoms in total. The zero-order chi connectivity index (χ0) is 18.4. The summed E-state index contributed by atoms with van der Waals surface area (Å²) in [7, 11) is 1.61. The Kier molecular flexibility index (Phi) is 5.93. The van der Waals surface area contributed by atoms with Crippen LogP contribution in [0, 0.1) is 0 Å². The van der Waals surface area contributed by atoms with Gasteiger partial charge in [0.1, 0.15) is 5.75 Å². The highest BCUT2D eigenvalue weighted by atomic mass is 32.1. The van der Waals surface area contributed by atoms with Gasteiger partial charge in [-0.3, -0.25) is 9.59 Å². The van der Waals surface area contributed by atoms with Crippen molar-refractivity contribution < 1.29 is 14.3 Å². The predicted octanol–water partition coefficient (Wildman–Crippen LogP) is 3.00. The molecule has 0 radical (unpaired) electrons. The van der Waals surface area contributed by atoms with Gasteiger partial charge in [0.05, 0.1) is 7.11 Å². The van der Waals surface area contributed by atoms with E-state index in [-0.39, 0.29) is 5.41 Å². The first-order chi connectivity index (χ1) is 12.6. The number of rotatable bonds is 6. The lowest BCUT2D eigenvalue weighted by Crippen LogP contribution is -2.45. The fourth-order valence-corrected chi connectivity index (χ4v) is 4.47. The number of amides is 2. The molecular weight excluding hydrogens is 348 g/mol. The third-order valence-corrected chi connectivity index (χ3v) is 6.13. The minimum atomic E-state index is -0.597. The van der Waals surface area contributed by atoms with Crippen LogP contribution < -0.4 is 15.4 Å². The van der Waals surface area contributed by atoms with Gasteiger partial charge in [0.15, 0.2) is 0 Å². The monoisotopic (exact) mass is 372 g/mol. The van der Waals surface area contributed by atoms with Crippen LogP contribution in [0.3, 0.4) is 0 Å². The lowest BCUT2D eigenvalue weighted by Gasteiger charge is -2.28. The molecule has 138 valence electrons. The molecule has 1 aliphatic rings. The second kappa shape index (κ2) is 8.36. The van der Waals surface area contributed by atoms with Crippen LogP contribution in [0.4, 0.5) is 0 Å². The molecule has 3 rings (SSSR count). The van der Waals surface area contributed by atoms with Crippen LogP contribution in [-0.4, -0.2) is 25.5 Å². The number of carbonyl (C=O) groups is 2. The summed E-state index contributed by atoms with van der Waals surface area (Å²) in [6.45, 7) is 0.828. The first-order valence-electron chi connectivity index (χ1n) is 8.86. The van der Waals surface area contributed by atoms with Crippen LogP contribution >= 0.6 is 11.3 Å². The number of ether oxygens (including phenoxy) is 1. The second-order valence-electron chi connectivity index (χ2n) is 6.68. The van der Waals surface area contributed by atoms with Gasteiger partial charge in [-0.1, -0.05) is 31.0 Å². The Hall–Kier alpha value is -2.34. The van der Waals surface area contributed by atoms with Gasteiger partial charge in [-0.25, -0.2) is 0 Å². The quantitative estimate of drug-likeness (QED) is 0.766. The van der Waals surface area contributed by atoms with Gasteiger partial charge in [0, 0.05) is 23.4 Å². The summed E-state index contributed by atoms with van der Waals surface area (Å²) in [6.07, 6.45) is 4.44.